The van der Waals surface area contributed by atoms with E-state index in [1.807, 2.05) is 0 Å². The Hall–Kier alpha value is -1.30. The molecular weight excluding hydrogens is 200 g/mol. The summed E-state index contributed by atoms with van der Waals surface area (Å²) in [7, 11) is 0. The second-order valence-corrected chi connectivity index (χ2v) is 3.31. The van der Waals surface area contributed by atoms with Crippen LogP contribution in [0.2, 0.25) is 0 Å². The molecule has 1 aliphatic rings. The summed E-state index contributed by atoms with van der Waals surface area (Å²) < 4.78 is 10.2. The van der Waals surface area contributed by atoms with Crippen molar-refractivity contribution in [2.75, 3.05) is 13.4 Å². The van der Waals surface area contributed by atoms with Gasteiger partial charge in [-0.2, -0.15) is 0 Å². The van der Waals surface area contributed by atoms with Gasteiger partial charge < -0.3 is 24.8 Å². The number of ether oxygens (including phenoxy) is 2. The van der Waals surface area contributed by atoms with Gasteiger partial charge in [0, 0.05) is 0 Å². The highest BCUT2D eigenvalue weighted by molar-refractivity contribution is 5.45. The van der Waals surface area contributed by atoms with Gasteiger partial charge in [-0.25, -0.2) is 0 Å². The van der Waals surface area contributed by atoms with Gasteiger partial charge in [-0.3, -0.25) is 0 Å². The Balaban J connectivity index is 2.22. The van der Waals surface area contributed by atoms with Crippen molar-refractivity contribution in [2.45, 2.75) is 12.2 Å². The highest BCUT2D eigenvalue weighted by Gasteiger charge is 2.21. The lowest BCUT2D eigenvalue weighted by Gasteiger charge is -2.15. The van der Waals surface area contributed by atoms with Crippen LogP contribution in [-0.2, 0) is 0 Å². The summed E-state index contributed by atoms with van der Waals surface area (Å²) in [6.45, 7) is -0.326. The quantitative estimate of drug-likeness (QED) is 0.646. The van der Waals surface area contributed by atoms with E-state index in [1.54, 1.807) is 18.2 Å². The highest BCUT2D eigenvalue weighted by Crippen LogP contribution is 2.34. The molecule has 1 aliphatic heterocycles. The lowest BCUT2D eigenvalue weighted by molar-refractivity contribution is -0.0153. The van der Waals surface area contributed by atoms with Gasteiger partial charge in [-0.05, 0) is 17.7 Å². The summed E-state index contributed by atoms with van der Waals surface area (Å²) in [5.74, 6) is 1.15. The zero-order valence-corrected chi connectivity index (χ0v) is 7.96. The average Bonchev–Trinajstić information content (AvgIpc) is 2.73. The maximum atomic E-state index is 9.61. The molecule has 2 atom stereocenters. The molecule has 0 aliphatic carbocycles. The maximum Gasteiger partial charge on any atom is 0.231 e. The lowest BCUT2D eigenvalue weighted by atomic mass is 10.0. The molecule has 0 aromatic heterocycles. The Labute approximate surface area is 86.5 Å². The number of hydrogen-bond acceptors (Lipinski definition) is 5. The predicted octanol–water partition coefficient (Wildman–Crippen LogP) is -0.198. The summed E-state index contributed by atoms with van der Waals surface area (Å²) in [4.78, 5) is 0. The van der Waals surface area contributed by atoms with Crippen molar-refractivity contribution < 1.29 is 24.8 Å². The molecular formula is C10H12O5. The van der Waals surface area contributed by atoms with Crippen LogP contribution in [-0.4, -0.2) is 34.8 Å². The van der Waals surface area contributed by atoms with Crippen LogP contribution in [0.25, 0.3) is 0 Å². The molecule has 0 unspecified atom stereocenters. The molecule has 0 amide bonds. The average molecular weight is 212 g/mol. The molecule has 0 saturated carbocycles. The number of fused-ring (bicyclic) bond motifs is 1. The van der Waals surface area contributed by atoms with E-state index in [4.69, 9.17) is 14.6 Å². The van der Waals surface area contributed by atoms with Crippen molar-refractivity contribution in [3.63, 3.8) is 0 Å². The number of aliphatic hydroxyl groups is 3. The Morgan fingerprint density at radius 1 is 1.20 bits per heavy atom. The number of benzene rings is 1. The van der Waals surface area contributed by atoms with Gasteiger partial charge in [0.2, 0.25) is 6.79 Å². The van der Waals surface area contributed by atoms with Crippen LogP contribution in [0, 0.1) is 0 Å². The molecule has 5 heteroatoms. The monoisotopic (exact) mass is 212 g/mol. The van der Waals surface area contributed by atoms with Crippen LogP contribution in [0.15, 0.2) is 18.2 Å². The van der Waals surface area contributed by atoms with E-state index < -0.39 is 18.8 Å². The number of rotatable bonds is 3. The third kappa shape index (κ3) is 1.90. The van der Waals surface area contributed by atoms with Gasteiger partial charge in [0.15, 0.2) is 11.5 Å². The molecule has 0 bridgehead atoms. The molecule has 1 aromatic carbocycles. The first-order valence-corrected chi connectivity index (χ1v) is 4.59. The largest absolute Gasteiger partial charge is 0.454 e. The first-order chi connectivity index (χ1) is 7.22. The third-order valence-electron chi connectivity index (χ3n) is 2.29. The molecule has 82 valence electrons. The maximum absolute atomic E-state index is 9.61. The van der Waals surface area contributed by atoms with Crippen molar-refractivity contribution in [2.24, 2.45) is 0 Å². The number of aliphatic hydroxyl groups excluding tert-OH is 3. The van der Waals surface area contributed by atoms with Crippen molar-refractivity contribution in [1.82, 2.24) is 0 Å². The fourth-order valence-corrected chi connectivity index (χ4v) is 1.42. The summed E-state index contributed by atoms with van der Waals surface area (Å²) >= 11 is 0. The summed E-state index contributed by atoms with van der Waals surface area (Å²) in [6, 6.07) is 4.87. The minimum atomic E-state index is -1.19. The first kappa shape index (κ1) is 10.2. The van der Waals surface area contributed by atoms with E-state index in [9.17, 15) is 10.2 Å². The highest BCUT2D eigenvalue weighted by atomic mass is 16.7. The lowest BCUT2D eigenvalue weighted by Crippen LogP contribution is -2.21. The minimum Gasteiger partial charge on any atom is -0.454 e. The normalized spacial score (nSPS) is 17.5. The summed E-state index contributed by atoms with van der Waals surface area (Å²) in [5.41, 5.74) is 0.487. The number of hydrogen-bond donors (Lipinski definition) is 3. The van der Waals surface area contributed by atoms with E-state index in [-0.39, 0.29) is 6.79 Å². The molecule has 2 rings (SSSR count). The van der Waals surface area contributed by atoms with Crippen LogP contribution in [0.4, 0.5) is 0 Å². The van der Waals surface area contributed by atoms with E-state index in [0.29, 0.717) is 17.1 Å². The van der Waals surface area contributed by atoms with E-state index in [0.717, 1.165) is 0 Å². The van der Waals surface area contributed by atoms with Crippen LogP contribution >= 0.6 is 0 Å². The minimum absolute atomic E-state index is 0.164. The molecule has 3 N–H and O–H groups in total. The van der Waals surface area contributed by atoms with Crippen LogP contribution in [0.3, 0.4) is 0 Å². The Morgan fingerprint density at radius 2 is 1.93 bits per heavy atom. The SMILES string of the molecule is OC[C@H](O)[C@@H](O)c1ccc2c(c1)OCO2. The van der Waals surface area contributed by atoms with Gasteiger partial charge in [-0.15, -0.1) is 0 Å². The first-order valence-electron chi connectivity index (χ1n) is 4.59. The Kier molecular flexibility index (Phi) is 2.77. The fourth-order valence-electron chi connectivity index (χ4n) is 1.42. The second-order valence-electron chi connectivity index (χ2n) is 3.31. The van der Waals surface area contributed by atoms with Gasteiger partial charge >= 0.3 is 0 Å². The van der Waals surface area contributed by atoms with E-state index >= 15 is 0 Å². The summed E-state index contributed by atoms with van der Waals surface area (Å²) in [5, 5.41) is 27.6. The van der Waals surface area contributed by atoms with Gasteiger partial charge in [0.05, 0.1) is 6.61 Å². The molecule has 5 nitrogen and oxygen atoms in total. The molecule has 0 fully saturated rings. The van der Waals surface area contributed by atoms with Crippen molar-refractivity contribution in [3.05, 3.63) is 23.8 Å². The zero-order chi connectivity index (χ0) is 10.8. The molecule has 15 heavy (non-hydrogen) atoms. The van der Waals surface area contributed by atoms with Crippen molar-refractivity contribution in [1.29, 1.82) is 0 Å². The van der Waals surface area contributed by atoms with Gasteiger partial charge in [-0.1, -0.05) is 6.07 Å². The van der Waals surface area contributed by atoms with Crippen molar-refractivity contribution in [3.8, 4) is 11.5 Å². The molecule has 1 aromatic rings. The molecule has 0 spiro atoms. The van der Waals surface area contributed by atoms with Gasteiger partial charge in [0.25, 0.3) is 0 Å². The van der Waals surface area contributed by atoms with E-state index in [2.05, 4.69) is 0 Å². The van der Waals surface area contributed by atoms with E-state index in [1.165, 1.54) is 0 Å². The molecule has 0 radical (unpaired) electrons. The fraction of sp³-hybridized carbons (Fsp3) is 0.400. The third-order valence-corrected chi connectivity index (χ3v) is 2.29. The van der Waals surface area contributed by atoms with Crippen molar-refractivity contribution >= 4 is 0 Å². The Bertz CT molecular complexity index is 352. The summed E-state index contributed by atoms with van der Waals surface area (Å²) in [6.07, 6.45) is -2.31. The standard InChI is InChI=1S/C10H12O5/c11-4-7(12)10(13)6-1-2-8-9(3-6)15-5-14-8/h1-3,7,10-13H,4-5H2/t7-,10-/m0/s1. The molecule has 1 heterocycles. The smallest absolute Gasteiger partial charge is 0.231 e. The van der Waals surface area contributed by atoms with Crippen LogP contribution < -0.4 is 9.47 Å². The second kappa shape index (κ2) is 4.06. The molecule has 0 saturated heterocycles. The Morgan fingerprint density at radius 3 is 2.67 bits per heavy atom. The topological polar surface area (TPSA) is 79.2 Å². The van der Waals surface area contributed by atoms with Gasteiger partial charge in [0.1, 0.15) is 12.2 Å². The van der Waals surface area contributed by atoms with Crippen LogP contribution in [0.1, 0.15) is 11.7 Å². The predicted molar refractivity (Wildman–Crippen MR) is 50.6 cm³/mol. The van der Waals surface area contributed by atoms with Crippen LogP contribution in [0.5, 0.6) is 11.5 Å². The zero-order valence-electron chi connectivity index (χ0n) is 7.96.